The van der Waals surface area contributed by atoms with Crippen molar-refractivity contribution in [3.05, 3.63) is 23.8 Å². The average molecular weight is 419 g/mol. The minimum atomic E-state index is 0.210. The lowest BCUT2D eigenvalue weighted by Crippen LogP contribution is -2.60. The van der Waals surface area contributed by atoms with Crippen LogP contribution in [0.3, 0.4) is 0 Å². The van der Waals surface area contributed by atoms with Crippen molar-refractivity contribution >= 4 is 5.96 Å². The van der Waals surface area contributed by atoms with E-state index in [1.807, 2.05) is 26.1 Å². The molecule has 0 aromatic heterocycles. The van der Waals surface area contributed by atoms with Crippen LogP contribution >= 0.6 is 0 Å². The Balaban J connectivity index is 1.59. The molecule has 1 saturated heterocycles. The van der Waals surface area contributed by atoms with Gasteiger partial charge in [-0.2, -0.15) is 0 Å². The van der Waals surface area contributed by atoms with Crippen LogP contribution in [0.5, 0.6) is 11.5 Å². The maximum atomic E-state index is 5.69. The predicted molar refractivity (Wildman–Crippen MR) is 121 cm³/mol. The third-order valence-corrected chi connectivity index (χ3v) is 6.26. The number of aliphatic imine (C=N–C) groups is 1. The Hall–Kier alpha value is -1.99. The van der Waals surface area contributed by atoms with Gasteiger partial charge in [-0.1, -0.05) is 25.3 Å². The van der Waals surface area contributed by atoms with E-state index in [4.69, 9.17) is 14.2 Å². The number of ether oxygens (including phenoxy) is 3. The molecular weight excluding hydrogens is 380 g/mol. The van der Waals surface area contributed by atoms with Gasteiger partial charge in [0.1, 0.15) is 0 Å². The molecule has 3 rings (SSSR count). The highest BCUT2D eigenvalue weighted by Crippen LogP contribution is 2.34. The Morgan fingerprint density at radius 3 is 2.57 bits per heavy atom. The maximum absolute atomic E-state index is 5.69. The van der Waals surface area contributed by atoms with Crippen molar-refractivity contribution in [3.63, 3.8) is 0 Å². The van der Waals surface area contributed by atoms with E-state index < -0.39 is 0 Å². The van der Waals surface area contributed by atoms with Crippen LogP contribution in [-0.4, -0.2) is 70.0 Å². The number of benzene rings is 1. The quantitative estimate of drug-likeness (QED) is 0.500. The first-order valence-corrected chi connectivity index (χ1v) is 11.3. The van der Waals surface area contributed by atoms with E-state index in [0.717, 1.165) is 55.9 Å². The van der Waals surface area contributed by atoms with Crippen LogP contribution in [0.25, 0.3) is 0 Å². The highest BCUT2D eigenvalue weighted by Gasteiger charge is 2.38. The number of hydrogen-bond donors (Lipinski definition) is 2. The molecule has 0 unspecified atom stereocenters. The van der Waals surface area contributed by atoms with E-state index in [1.165, 1.54) is 32.1 Å². The van der Waals surface area contributed by atoms with Crippen LogP contribution in [0.4, 0.5) is 0 Å². The third-order valence-electron chi connectivity index (χ3n) is 6.26. The molecule has 30 heavy (non-hydrogen) atoms. The number of morpholine rings is 1. The van der Waals surface area contributed by atoms with Gasteiger partial charge in [-0.25, -0.2) is 0 Å². The van der Waals surface area contributed by atoms with Crippen molar-refractivity contribution in [1.29, 1.82) is 0 Å². The number of hydrogen-bond acceptors (Lipinski definition) is 5. The summed E-state index contributed by atoms with van der Waals surface area (Å²) in [6.07, 6.45) is 6.44. The van der Waals surface area contributed by atoms with Crippen LogP contribution < -0.4 is 20.1 Å². The Kier molecular flexibility index (Phi) is 8.63. The Morgan fingerprint density at radius 1 is 1.13 bits per heavy atom. The molecule has 2 fully saturated rings. The van der Waals surface area contributed by atoms with Gasteiger partial charge >= 0.3 is 0 Å². The molecule has 1 aromatic carbocycles. The van der Waals surface area contributed by atoms with Gasteiger partial charge in [0.2, 0.25) is 0 Å². The van der Waals surface area contributed by atoms with Gasteiger partial charge in [-0.05, 0) is 37.5 Å². The van der Waals surface area contributed by atoms with Gasteiger partial charge in [0, 0.05) is 38.8 Å². The average Bonchev–Trinajstić information content (AvgIpc) is 2.81. The summed E-state index contributed by atoms with van der Waals surface area (Å²) in [6.45, 7) is 7.92. The van der Waals surface area contributed by atoms with Crippen molar-refractivity contribution < 1.29 is 14.2 Å². The lowest BCUT2D eigenvalue weighted by Gasteiger charge is -2.48. The highest BCUT2D eigenvalue weighted by molar-refractivity contribution is 5.79. The second-order valence-electron chi connectivity index (χ2n) is 8.08. The zero-order valence-corrected chi connectivity index (χ0v) is 18.8. The van der Waals surface area contributed by atoms with Crippen LogP contribution in [0.1, 0.15) is 44.6 Å². The summed E-state index contributed by atoms with van der Waals surface area (Å²) in [6, 6.07) is 6.03. The normalized spacial score (nSPS) is 19.9. The summed E-state index contributed by atoms with van der Waals surface area (Å²) in [5.74, 6) is 2.37. The molecule has 2 N–H and O–H groups in total. The van der Waals surface area contributed by atoms with Gasteiger partial charge < -0.3 is 24.8 Å². The molecule has 1 aliphatic heterocycles. The third kappa shape index (κ3) is 5.79. The highest BCUT2D eigenvalue weighted by atomic mass is 16.5. The summed E-state index contributed by atoms with van der Waals surface area (Å²) in [5.41, 5.74) is 1.34. The first-order chi connectivity index (χ1) is 14.7. The minimum absolute atomic E-state index is 0.210. The first-order valence-electron chi connectivity index (χ1n) is 11.3. The molecule has 7 nitrogen and oxygen atoms in total. The van der Waals surface area contributed by atoms with Crippen molar-refractivity contribution in [3.8, 4) is 11.5 Å². The largest absolute Gasteiger partial charge is 0.493 e. The minimum Gasteiger partial charge on any atom is -0.493 e. The Bertz CT molecular complexity index is 683. The topological polar surface area (TPSA) is 67.4 Å². The van der Waals surface area contributed by atoms with Crippen molar-refractivity contribution in [2.45, 2.75) is 51.1 Å². The molecule has 1 aromatic rings. The van der Waals surface area contributed by atoms with Crippen LogP contribution in [0, 0.1) is 0 Å². The molecule has 0 atom stereocenters. The van der Waals surface area contributed by atoms with E-state index in [-0.39, 0.29) is 5.54 Å². The van der Waals surface area contributed by atoms with Gasteiger partial charge in [-0.3, -0.25) is 9.89 Å². The van der Waals surface area contributed by atoms with E-state index >= 15 is 0 Å². The maximum Gasteiger partial charge on any atom is 0.191 e. The SMILES string of the molecule is CCOc1cc(CNC(=NC)NCC2(N3CCOCC3)CCCCC2)ccc1OC. The molecule has 0 bridgehead atoms. The summed E-state index contributed by atoms with van der Waals surface area (Å²) in [4.78, 5) is 7.10. The second-order valence-corrected chi connectivity index (χ2v) is 8.08. The fraction of sp³-hybridized carbons (Fsp3) is 0.696. The molecule has 1 heterocycles. The Labute approximate surface area is 181 Å². The summed E-state index contributed by atoms with van der Waals surface area (Å²) < 4.78 is 16.7. The second kappa shape index (κ2) is 11.4. The van der Waals surface area contributed by atoms with Gasteiger partial charge in [0.05, 0.1) is 26.9 Å². The molecule has 1 aliphatic carbocycles. The molecule has 0 radical (unpaired) electrons. The van der Waals surface area contributed by atoms with Gasteiger partial charge in [-0.15, -0.1) is 0 Å². The van der Waals surface area contributed by atoms with E-state index in [0.29, 0.717) is 13.2 Å². The molecule has 0 amide bonds. The standard InChI is InChI=1S/C23H38N4O3/c1-4-30-21-16-19(8-9-20(21)28-3)17-25-22(24-2)26-18-23(10-6-5-7-11-23)27-12-14-29-15-13-27/h8-9,16H,4-7,10-15,17-18H2,1-3H3,(H2,24,25,26). The Morgan fingerprint density at radius 2 is 1.90 bits per heavy atom. The number of nitrogens with one attached hydrogen (secondary N) is 2. The lowest BCUT2D eigenvalue weighted by molar-refractivity contribution is -0.0352. The predicted octanol–water partition coefficient (Wildman–Crippen LogP) is 2.79. The van der Waals surface area contributed by atoms with Crippen LogP contribution in [0.2, 0.25) is 0 Å². The molecule has 7 heteroatoms. The zero-order chi connectivity index (χ0) is 21.2. The van der Waals surface area contributed by atoms with Crippen LogP contribution in [0.15, 0.2) is 23.2 Å². The molecule has 0 spiro atoms. The smallest absolute Gasteiger partial charge is 0.191 e. The van der Waals surface area contributed by atoms with Crippen molar-refractivity contribution in [2.24, 2.45) is 4.99 Å². The van der Waals surface area contributed by atoms with Gasteiger partial charge in [0.25, 0.3) is 0 Å². The molecule has 2 aliphatic rings. The first kappa shape index (κ1) is 22.7. The van der Waals surface area contributed by atoms with E-state index in [1.54, 1.807) is 7.11 Å². The molecule has 168 valence electrons. The summed E-state index contributed by atoms with van der Waals surface area (Å²) in [5, 5.41) is 7.06. The van der Waals surface area contributed by atoms with Crippen molar-refractivity contribution in [2.75, 3.05) is 53.6 Å². The lowest BCUT2D eigenvalue weighted by atomic mass is 9.80. The fourth-order valence-electron chi connectivity index (χ4n) is 4.61. The fourth-order valence-corrected chi connectivity index (χ4v) is 4.61. The summed E-state index contributed by atoms with van der Waals surface area (Å²) >= 11 is 0. The van der Waals surface area contributed by atoms with E-state index in [9.17, 15) is 0 Å². The molecular formula is C23H38N4O3. The van der Waals surface area contributed by atoms with Crippen LogP contribution in [-0.2, 0) is 11.3 Å². The van der Waals surface area contributed by atoms with Gasteiger partial charge in [0.15, 0.2) is 17.5 Å². The van der Waals surface area contributed by atoms with Crippen molar-refractivity contribution in [1.82, 2.24) is 15.5 Å². The summed E-state index contributed by atoms with van der Waals surface area (Å²) in [7, 11) is 3.49. The number of rotatable bonds is 8. The zero-order valence-electron chi connectivity index (χ0n) is 18.8. The number of methoxy groups -OCH3 is 1. The number of nitrogens with zero attached hydrogens (tertiary/aromatic N) is 2. The monoisotopic (exact) mass is 418 g/mol. The number of guanidine groups is 1. The van der Waals surface area contributed by atoms with E-state index in [2.05, 4.69) is 26.6 Å². The molecule has 1 saturated carbocycles.